The summed E-state index contributed by atoms with van der Waals surface area (Å²) in [4.78, 5) is 14.4. The average Bonchev–Trinajstić information content (AvgIpc) is 2.96. The van der Waals surface area contributed by atoms with Gasteiger partial charge in [-0.3, -0.25) is 4.79 Å². The summed E-state index contributed by atoms with van der Waals surface area (Å²) >= 11 is 0. The minimum atomic E-state index is -4.46. The Morgan fingerprint density at radius 2 is 2.03 bits per heavy atom. The molecular formula is C20H24BF3N2O3. The second-order valence-electron chi connectivity index (χ2n) is 8.46. The van der Waals surface area contributed by atoms with Crippen LogP contribution in [0.4, 0.5) is 18.9 Å². The Morgan fingerprint density at radius 3 is 2.72 bits per heavy atom. The molecular weight excluding hydrogens is 384 g/mol. The molecule has 0 unspecified atom stereocenters. The van der Waals surface area contributed by atoms with Gasteiger partial charge in [0, 0.05) is 30.5 Å². The lowest BCUT2D eigenvalue weighted by Gasteiger charge is -2.34. The molecule has 4 rings (SSSR count). The molecule has 1 aliphatic heterocycles. The third kappa shape index (κ3) is 4.10. The van der Waals surface area contributed by atoms with Gasteiger partial charge in [0.25, 0.3) is 5.91 Å². The molecule has 9 heteroatoms. The third-order valence-electron chi connectivity index (χ3n) is 6.17. The molecule has 0 atom stereocenters. The molecule has 1 amide bonds. The SMILES string of the molecule is BC1(O)CCC(CCN2CCNC(=O)c3oc4ccc(C(F)(F)F)cc4c32)CC1. The molecule has 2 heterocycles. The van der Waals surface area contributed by atoms with E-state index >= 15 is 0 Å². The topological polar surface area (TPSA) is 65.7 Å². The van der Waals surface area contributed by atoms with Crippen molar-refractivity contribution in [3.8, 4) is 0 Å². The van der Waals surface area contributed by atoms with Crippen LogP contribution in [0.3, 0.4) is 0 Å². The predicted molar refractivity (Wildman–Crippen MR) is 106 cm³/mol. The summed E-state index contributed by atoms with van der Waals surface area (Å²) in [7, 11) is 1.86. The van der Waals surface area contributed by atoms with Gasteiger partial charge in [0.05, 0.1) is 11.3 Å². The van der Waals surface area contributed by atoms with Gasteiger partial charge in [0.1, 0.15) is 13.4 Å². The molecule has 1 aromatic carbocycles. The minimum absolute atomic E-state index is 0.0726. The van der Waals surface area contributed by atoms with Crippen molar-refractivity contribution in [1.29, 1.82) is 0 Å². The molecule has 1 aromatic heterocycles. The molecule has 1 saturated carbocycles. The Kier molecular flexibility index (Phi) is 5.05. The van der Waals surface area contributed by atoms with Crippen LogP contribution in [-0.4, -0.2) is 44.0 Å². The fourth-order valence-corrected chi connectivity index (χ4v) is 4.38. The molecule has 1 fully saturated rings. The van der Waals surface area contributed by atoms with E-state index in [1.807, 2.05) is 12.7 Å². The smallest absolute Gasteiger partial charge is 0.416 e. The summed E-state index contributed by atoms with van der Waals surface area (Å²) in [5, 5.41) is 13.2. The number of anilines is 1. The van der Waals surface area contributed by atoms with Gasteiger partial charge in [-0.1, -0.05) is 0 Å². The van der Waals surface area contributed by atoms with Crippen LogP contribution in [0.2, 0.25) is 0 Å². The standard InChI is InChI=1S/C20H24BF3N2O3/c21-19(28)6-3-12(4-7-19)5-9-26-10-8-25-18(27)17-16(26)14-11-13(20(22,23)24)1-2-15(14)29-17/h1-2,11-12,28H,3-10,21H2,(H,25,27). The molecule has 2 aliphatic rings. The van der Waals surface area contributed by atoms with Crippen molar-refractivity contribution in [2.45, 2.75) is 43.8 Å². The fraction of sp³-hybridized carbons (Fsp3) is 0.550. The highest BCUT2D eigenvalue weighted by molar-refractivity contribution is 6.14. The summed E-state index contributed by atoms with van der Waals surface area (Å²) in [6, 6.07) is 3.32. The van der Waals surface area contributed by atoms with E-state index < -0.39 is 23.1 Å². The van der Waals surface area contributed by atoms with Gasteiger partial charge in [-0.25, -0.2) is 0 Å². The van der Waals surface area contributed by atoms with E-state index in [9.17, 15) is 23.1 Å². The number of hydrogen-bond acceptors (Lipinski definition) is 4. The number of halogens is 3. The van der Waals surface area contributed by atoms with Crippen LogP contribution in [0.5, 0.6) is 0 Å². The molecule has 5 nitrogen and oxygen atoms in total. The van der Waals surface area contributed by atoms with Crippen LogP contribution in [0.15, 0.2) is 22.6 Å². The normalized spacial score (nSPS) is 25.6. The number of carbonyl (C=O) groups is 1. The lowest BCUT2D eigenvalue weighted by atomic mass is 9.67. The third-order valence-corrected chi connectivity index (χ3v) is 6.17. The first-order valence-electron chi connectivity index (χ1n) is 10.0. The molecule has 2 aromatic rings. The highest BCUT2D eigenvalue weighted by Gasteiger charge is 2.34. The predicted octanol–water partition coefficient (Wildman–Crippen LogP) is 2.90. The summed E-state index contributed by atoms with van der Waals surface area (Å²) in [5.74, 6) is 0.124. The summed E-state index contributed by atoms with van der Waals surface area (Å²) < 4.78 is 45.3. The van der Waals surface area contributed by atoms with E-state index in [0.717, 1.165) is 44.2 Å². The molecule has 0 bridgehead atoms. The Bertz CT molecular complexity index is 916. The first-order chi connectivity index (χ1) is 13.6. The van der Waals surface area contributed by atoms with Crippen molar-refractivity contribution in [2.75, 3.05) is 24.5 Å². The Labute approximate surface area is 167 Å². The van der Waals surface area contributed by atoms with Gasteiger partial charge in [-0.05, 0) is 56.2 Å². The van der Waals surface area contributed by atoms with Crippen LogP contribution in [0, 0.1) is 5.92 Å². The number of nitrogens with one attached hydrogen (secondary N) is 1. The van der Waals surface area contributed by atoms with E-state index in [1.165, 1.54) is 6.07 Å². The zero-order valence-corrected chi connectivity index (χ0v) is 16.3. The van der Waals surface area contributed by atoms with Crippen LogP contribution in [0.25, 0.3) is 11.0 Å². The highest BCUT2D eigenvalue weighted by atomic mass is 19.4. The van der Waals surface area contributed by atoms with E-state index in [4.69, 9.17) is 4.42 Å². The number of amides is 1. The minimum Gasteiger partial charge on any atom is -0.449 e. The molecule has 2 N–H and O–H groups in total. The maximum absolute atomic E-state index is 13.2. The Balaban J connectivity index is 1.63. The summed E-state index contributed by atoms with van der Waals surface area (Å²) in [6.07, 6.45) is -0.242. The van der Waals surface area contributed by atoms with E-state index in [1.54, 1.807) is 0 Å². The fourth-order valence-electron chi connectivity index (χ4n) is 4.38. The number of aliphatic hydroxyl groups is 1. The summed E-state index contributed by atoms with van der Waals surface area (Å²) in [6.45, 7) is 1.54. The zero-order chi connectivity index (χ0) is 20.8. The monoisotopic (exact) mass is 408 g/mol. The van der Waals surface area contributed by atoms with Crippen LogP contribution < -0.4 is 10.2 Å². The molecule has 156 valence electrons. The number of alkyl halides is 3. The van der Waals surface area contributed by atoms with Crippen molar-refractivity contribution in [3.05, 3.63) is 29.5 Å². The van der Waals surface area contributed by atoms with E-state index in [-0.39, 0.29) is 11.3 Å². The van der Waals surface area contributed by atoms with Gasteiger partial charge < -0.3 is 19.7 Å². The van der Waals surface area contributed by atoms with E-state index in [0.29, 0.717) is 36.6 Å². The molecule has 29 heavy (non-hydrogen) atoms. The van der Waals surface area contributed by atoms with Crippen molar-refractivity contribution in [1.82, 2.24) is 5.32 Å². The molecule has 0 radical (unpaired) electrons. The second-order valence-corrected chi connectivity index (χ2v) is 8.46. The van der Waals surface area contributed by atoms with Gasteiger partial charge in [0.2, 0.25) is 5.76 Å². The summed E-state index contributed by atoms with van der Waals surface area (Å²) in [5.41, 5.74) is -0.632. The Morgan fingerprint density at radius 1 is 1.31 bits per heavy atom. The maximum atomic E-state index is 13.2. The number of hydrogen-bond donors (Lipinski definition) is 2. The van der Waals surface area contributed by atoms with Gasteiger partial charge >= 0.3 is 6.18 Å². The van der Waals surface area contributed by atoms with Crippen molar-refractivity contribution in [2.24, 2.45) is 5.92 Å². The quantitative estimate of drug-likeness (QED) is 0.767. The lowest BCUT2D eigenvalue weighted by Crippen LogP contribution is -2.36. The lowest BCUT2D eigenvalue weighted by molar-refractivity contribution is -0.137. The number of nitrogens with zero attached hydrogens (tertiary/aromatic N) is 1. The average molecular weight is 408 g/mol. The van der Waals surface area contributed by atoms with Gasteiger partial charge in [-0.2, -0.15) is 13.2 Å². The first kappa shape index (κ1) is 20.1. The van der Waals surface area contributed by atoms with Crippen molar-refractivity contribution >= 4 is 30.4 Å². The second kappa shape index (κ2) is 7.27. The number of carbonyl (C=O) groups excluding carboxylic acids is 1. The molecule has 0 spiro atoms. The largest absolute Gasteiger partial charge is 0.449 e. The molecule has 1 aliphatic carbocycles. The number of fused-ring (bicyclic) bond motifs is 3. The van der Waals surface area contributed by atoms with Gasteiger partial charge in [-0.15, -0.1) is 0 Å². The molecule has 0 saturated heterocycles. The number of benzene rings is 1. The van der Waals surface area contributed by atoms with Crippen LogP contribution in [0.1, 0.15) is 48.2 Å². The van der Waals surface area contributed by atoms with Crippen LogP contribution in [-0.2, 0) is 6.18 Å². The van der Waals surface area contributed by atoms with Crippen molar-refractivity contribution < 1.29 is 27.5 Å². The van der Waals surface area contributed by atoms with Crippen LogP contribution >= 0.6 is 0 Å². The number of rotatable bonds is 3. The van der Waals surface area contributed by atoms with E-state index in [2.05, 4.69) is 5.32 Å². The zero-order valence-electron chi connectivity index (χ0n) is 16.3. The first-order valence-corrected chi connectivity index (χ1v) is 10.0. The Hall–Kier alpha value is -2.16. The van der Waals surface area contributed by atoms with Gasteiger partial charge in [0.15, 0.2) is 0 Å². The van der Waals surface area contributed by atoms with Crippen molar-refractivity contribution in [3.63, 3.8) is 0 Å². The maximum Gasteiger partial charge on any atom is 0.416 e. The highest BCUT2D eigenvalue weighted by Crippen LogP contribution is 2.40. The number of furan rings is 1.